The molecule has 0 aromatic heterocycles. The van der Waals surface area contributed by atoms with Crippen LogP contribution in [0.15, 0.2) is 0 Å². The summed E-state index contributed by atoms with van der Waals surface area (Å²) in [5, 5.41) is 0. The third kappa shape index (κ3) is 60.5. The molecule has 0 aromatic carbocycles. The average Bonchev–Trinajstić information content (AvgIpc) is 0.811. The fourth-order valence-corrected chi connectivity index (χ4v) is 0. The van der Waals surface area contributed by atoms with E-state index in [1.54, 1.807) is 0 Å². The SMILES string of the molecule is N.[CH3][Al]([CH3])[Cl]. The van der Waals surface area contributed by atoms with Crippen molar-refractivity contribution in [3.8, 4) is 0 Å². The van der Waals surface area contributed by atoms with Gasteiger partial charge in [0, 0.05) is 0 Å². The molecular formula is C2H9AlClN. The molecule has 0 aliphatic rings. The van der Waals surface area contributed by atoms with E-state index in [1.807, 2.05) is 0 Å². The van der Waals surface area contributed by atoms with Crippen LogP contribution >= 0.6 is 10.0 Å². The summed E-state index contributed by atoms with van der Waals surface area (Å²) < 4.78 is 0. The van der Waals surface area contributed by atoms with Crippen molar-refractivity contribution in [3.05, 3.63) is 0 Å². The molecule has 0 bridgehead atoms. The Balaban J connectivity index is 0. The Labute approximate surface area is 41.5 Å². The van der Waals surface area contributed by atoms with E-state index in [-0.39, 0.29) is 6.15 Å². The van der Waals surface area contributed by atoms with Gasteiger partial charge in [0.25, 0.3) is 0 Å². The zero-order valence-corrected chi connectivity index (χ0v) is 5.57. The van der Waals surface area contributed by atoms with Crippen LogP contribution in [0.1, 0.15) is 0 Å². The monoisotopic (exact) mass is 109 g/mol. The van der Waals surface area contributed by atoms with Gasteiger partial charge in [0.05, 0.1) is 0 Å². The van der Waals surface area contributed by atoms with Crippen molar-refractivity contribution in [2.24, 2.45) is 0 Å². The predicted molar refractivity (Wildman–Crippen MR) is 28.4 cm³/mol. The number of hydrogen-bond acceptors (Lipinski definition) is 1. The highest BCUT2D eigenvalue weighted by Crippen LogP contribution is 1.79. The molecule has 0 heterocycles. The molecule has 0 aliphatic carbocycles. The van der Waals surface area contributed by atoms with Gasteiger partial charge in [-0.15, -0.1) is 0 Å². The van der Waals surface area contributed by atoms with E-state index in [0.29, 0.717) is 0 Å². The van der Waals surface area contributed by atoms with Crippen LogP contribution in [0.25, 0.3) is 0 Å². The Kier molecular flexibility index (Phi) is 8.84. The lowest BCUT2D eigenvalue weighted by Crippen LogP contribution is -1.78. The summed E-state index contributed by atoms with van der Waals surface area (Å²) in [6.07, 6.45) is 0. The minimum atomic E-state index is -0.667. The van der Waals surface area contributed by atoms with E-state index in [1.165, 1.54) is 0 Å². The molecule has 0 aromatic rings. The molecule has 0 saturated heterocycles. The van der Waals surface area contributed by atoms with Crippen LogP contribution in [0.2, 0.25) is 11.6 Å². The molecule has 0 saturated carbocycles. The fraction of sp³-hybridized carbons (Fsp3) is 1.00. The highest BCUT2D eigenvalue weighted by atomic mass is 35.6. The third-order valence-electron chi connectivity index (χ3n) is 0. The van der Waals surface area contributed by atoms with Gasteiger partial charge in [0.15, 0.2) is 0 Å². The van der Waals surface area contributed by atoms with Gasteiger partial charge >= 0.3 is 13.2 Å². The number of hydrogen-bond donors (Lipinski definition) is 1. The molecule has 0 rings (SSSR count). The lowest BCUT2D eigenvalue weighted by Gasteiger charge is -1.63. The Morgan fingerprint density at radius 1 is 1.40 bits per heavy atom. The van der Waals surface area contributed by atoms with Crippen LogP contribution in [-0.2, 0) is 0 Å². The van der Waals surface area contributed by atoms with E-state index < -0.39 is 13.2 Å². The van der Waals surface area contributed by atoms with Crippen molar-refractivity contribution >= 4 is 23.3 Å². The topological polar surface area (TPSA) is 35.0 Å². The number of halogens is 1. The van der Waals surface area contributed by atoms with Crippen LogP contribution < -0.4 is 6.15 Å². The highest BCUT2D eigenvalue weighted by Gasteiger charge is 1.88. The van der Waals surface area contributed by atoms with Crippen molar-refractivity contribution in [1.82, 2.24) is 6.15 Å². The Morgan fingerprint density at radius 2 is 1.40 bits per heavy atom. The number of rotatable bonds is 0. The summed E-state index contributed by atoms with van der Waals surface area (Å²) in [5.41, 5.74) is 0. The third-order valence-corrected chi connectivity index (χ3v) is 0. The molecule has 0 unspecified atom stereocenters. The van der Waals surface area contributed by atoms with Gasteiger partial charge < -0.3 is 6.15 Å². The van der Waals surface area contributed by atoms with Gasteiger partial charge in [0.1, 0.15) is 0 Å². The second kappa shape index (κ2) is 4.78. The molecule has 0 fully saturated rings. The minimum absolute atomic E-state index is 0. The maximum absolute atomic E-state index is 5.41. The van der Waals surface area contributed by atoms with E-state index in [9.17, 15) is 0 Å². The summed E-state index contributed by atoms with van der Waals surface area (Å²) >= 11 is -0.667. The van der Waals surface area contributed by atoms with Crippen LogP contribution in [0, 0.1) is 0 Å². The molecule has 5 heavy (non-hydrogen) atoms. The summed E-state index contributed by atoms with van der Waals surface area (Å²) in [4.78, 5) is 0. The van der Waals surface area contributed by atoms with Crippen molar-refractivity contribution < 1.29 is 0 Å². The smallest absolute Gasteiger partial charge is 0.344 e. The summed E-state index contributed by atoms with van der Waals surface area (Å²) in [6, 6.07) is 0. The van der Waals surface area contributed by atoms with Crippen molar-refractivity contribution in [1.29, 1.82) is 0 Å². The quantitative estimate of drug-likeness (QED) is 0.472. The van der Waals surface area contributed by atoms with Crippen LogP contribution in [0.5, 0.6) is 0 Å². The lowest BCUT2D eigenvalue weighted by atomic mass is 11.9. The molecular weight excluding hydrogens is 100 g/mol. The van der Waals surface area contributed by atoms with Crippen molar-refractivity contribution in [2.45, 2.75) is 11.6 Å². The first kappa shape index (κ1) is 9.24. The lowest BCUT2D eigenvalue weighted by molar-refractivity contribution is 2.10. The standard InChI is InChI=1S/2CH3.Al.ClH.H3N/h2*1H3;;1H;1H3/q;;+1;;/p-1. The van der Waals surface area contributed by atoms with Gasteiger partial charge in [0.2, 0.25) is 0 Å². The Hall–Kier alpha value is 0.782. The van der Waals surface area contributed by atoms with Gasteiger partial charge in [-0.05, 0) is 0 Å². The first-order valence-electron chi connectivity index (χ1n) is 1.37. The second-order valence-electron chi connectivity index (χ2n) is 1.01. The van der Waals surface area contributed by atoms with E-state index >= 15 is 0 Å². The Bertz CT molecular complexity index is 14.4. The molecule has 3 heteroatoms. The zero-order chi connectivity index (χ0) is 3.58. The maximum atomic E-state index is 5.41. The van der Waals surface area contributed by atoms with Crippen LogP contribution in [0.3, 0.4) is 0 Å². The maximum Gasteiger partial charge on any atom is 0.393 e. The summed E-state index contributed by atoms with van der Waals surface area (Å²) in [7, 11) is 5.41. The van der Waals surface area contributed by atoms with Gasteiger partial charge in [-0.2, -0.15) is 0 Å². The van der Waals surface area contributed by atoms with Gasteiger partial charge in [-0.25, -0.2) is 0 Å². The van der Waals surface area contributed by atoms with Gasteiger partial charge in [-0.3, -0.25) is 10.0 Å². The van der Waals surface area contributed by atoms with Crippen LogP contribution in [0.4, 0.5) is 0 Å². The molecule has 32 valence electrons. The molecule has 0 amide bonds. The van der Waals surface area contributed by atoms with Gasteiger partial charge in [-0.1, -0.05) is 11.6 Å². The Morgan fingerprint density at radius 3 is 1.40 bits per heavy atom. The van der Waals surface area contributed by atoms with Crippen molar-refractivity contribution in [3.63, 3.8) is 0 Å². The molecule has 0 aliphatic heterocycles. The summed E-state index contributed by atoms with van der Waals surface area (Å²) in [5.74, 6) is 4.14. The largest absolute Gasteiger partial charge is 0.393 e. The van der Waals surface area contributed by atoms with E-state index in [2.05, 4.69) is 11.6 Å². The first-order valence-corrected chi connectivity index (χ1v) is 5.43. The van der Waals surface area contributed by atoms with E-state index in [0.717, 1.165) is 0 Å². The molecule has 0 spiro atoms. The normalized spacial score (nSPS) is 5.40. The second-order valence-corrected chi connectivity index (χ2v) is 5.66. The predicted octanol–water partition coefficient (Wildman–Crippen LogP) is 1.64. The molecule has 0 atom stereocenters. The molecule has 0 radical (unpaired) electrons. The summed E-state index contributed by atoms with van der Waals surface area (Å²) in [6.45, 7) is 0. The van der Waals surface area contributed by atoms with E-state index in [4.69, 9.17) is 10.0 Å². The first-order chi connectivity index (χ1) is 1.73. The van der Waals surface area contributed by atoms with Crippen molar-refractivity contribution in [2.75, 3.05) is 0 Å². The molecule has 3 N–H and O–H groups in total. The average molecular weight is 110 g/mol. The fourth-order valence-electron chi connectivity index (χ4n) is 0. The molecule has 1 nitrogen and oxygen atoms in total. The van der Waals surface area contributed by atoms with Crippen LogP contribution in [-0.4, -0.2) is 13.2 Å². The zero-order valence-electron chi connectivity index (χ0n) is 3.66. The minimum Gasteiger partial charge on any atom is -0.344 e. The highest BCUT2D eigenvalue weighted by molar-refractivity contribution is 7.05.